The molecule has 0 heterocycles. The minimum absolute atomic E-state index is 0.127. The molecule has 0 aliphatic heterocycles. The van der Waals surface area contributed by atoms with Crippen molar-refractivity contribution < 1.29 is 4.79 Å². The molecule has 0 bridgehead atoms. The first kappa shape index (κ1) is 13.8. The Balaban J connectivity index is 1.92. The van der Waals surface area contributed by atoms with Gasteiger partial charge in [0.2, 0.25) is 5.91 Å². The normalized spacial score (nSPS) is 10.0. The quantitative estimate of drug-likeness (QED) is 0.653. The summed E-state index contributed by atoms with van der Waals surface area (Å²) in [7, 11) is 0. The Morgan fingerprint density at radius 3 is 2.00 bits per heavy atom. The van der Waals surface area contributed by atoms with E-state index in [1.807, 2.05) is 48.5 Å². The molecule has 19 heavy (non-hydrogen) atoms. The number of amides is 1. The van der Waals surface area contributed by atoms with Crippen LogP contribution in [-0.2, 0) is 4.79 Å². The second kappa shape index (κ2) is 6.54. The first-order chi connectivity index (χ1) is 9.16. The van der Waals surface area contributed by atoms with Crippen LogP contribution >= 0.6 is 25.3 Å². The fourth-order valence-corrected chi connectivity index (χ4v) is 2.03. The smallest absolute Gasteiger partial charge is 0.243 e. The van der Waals surface area contributed by atoms with Gasteiger partial charge in [0.05, 0.1) is 12.2 Å². The molecule has 0 aromatic heterocycles. The monoisotopic (exact) mass is 290 g/mol. The highest BCUT2D eigenvalue weighted by atomic mass is 32.1. The number of para-hydroxylation sites is 2. The maximum Gasteiger partial charge on any atom is 0.243 e. The van der Waals surface area contributed by atoms with E-state index in [0.717, 1.165) is 15.5 Å². The molecule has 2 aromatic carbocycles. The van der Waals surface area contributed by atoms with Gasteiger partial charge in [-0.25, -0.2) is 0 Å². The third-order valence-electron chi connectivity index (χ3n) is 2.52. The van der Waals surface area contributed by atoms with Crippen LogP contribution in [0.15, 0.2) is 58.3 Å². The number of carbonyl (C=O) groups excluding carboxylic acids is 1. The van der Waals surface area contributed by atoms with Crippen LogP contribution in [0.25, 0.3) is 0 Å². The topological polar surface area (TPSA) is 41.1 Å². The van der Waals surface area contributed by atoms with E-state index in [9.17, 15) is 4.79 Å². The largest absolute Gasteiger partial charge is 0.375 e. The minimum Gasteiger partial charge on any atom is -0.375 e. The molecule has 0 aliphatic carbocycles. The van der Waals surface area contributed by atoms with Crippen molar-refractivity contribution in [3.8, 4) is 0 Å². The molecule has 2 N–H and O–H groups in total. The molecule has 0 radical (unpaired) electrons. The Morgan fingerprint density at radius 1 is 0.895 bits per heavy atom. The van der Waals surface area contributed by atoms with E-state index < -0.39 is 0 Å². The number of anilines is 2. The van der Waals surface area contributed by atoms with Gasteiger partial charge in [-0.1, -0.05) is 24.3 Å². The van der Waals surface area contributed by atoms with Crippen LogP contribution in [0.4, 0.5) is 11.4 Å². The van der Waals surface area contributed by atoms with Gasteiger partial charge in [0.25, 0.3) is 0 Å². The highest BCUT2D eigenvalue weighted by Crippen LogP contribution is 2.19. The molecule has 0 fully saturated rings. The lowest BCUT2D eigenvalue weighted by Crippen LogP contribution is -2.22. The van der Waals surface area contributed by atoms with Gasteiger partial charge in [-0.3, -0.25) is 4.79 Å². The highest BCUT2D eigenvalue weighted by molar-refractivity contribution is 7.80. The van der Waals surface area contributed by atoms with Crippen LogP contribution in [0, 0.1) is 0 Å². The zero-order valence-electron chi connectivity index (χ0n) is 10.1. The van der Waals surface area contributed by atoms with Crippen molar-refractivity contribution >= 4 is 42.5 Å². The molecule has 2 rings (SSSR count). The first-order valence-electron chi connectivity index (χ1n) is 5.76. The van der Waals surface area contributed by atoms with Gasteiger partial charge < -0.3 is 10.6 Å². The summed E-state index contributed by atoms with van der Waals surface area (Å²) < 4.78 is 0. The lowest BCUT2D eigenvalue weighted by molar-refractivity contribution is -0.114. The zero-order chi connectivity index (χ0) is 13.7. The Labute approximate surface area is 123 Å². The third-order valence-corrected chi connectivity index (χ3v) is 3.30. The summed E-state index contributed by atoms with van der Waals surface area (Å²) in [5.74, 6) is -0.127. The van der Waals surface area contributed by atoms with Crippen LogP contribution in [-0.4, -0.2) is 12.5 Å². The molecule has 0 saturated heterocycles. The minimum atomic E-state index is -0.127. The van der Waals surface area contributed by atoms with E-state index in [4.69, 9.17) is 0 Å². The standard InChI is InChI=1S/C14H14N2OS2/c17-14(16-11-6-2-4-8-13(11)19)9-15-10-5-1-3-7-12(10)18/h1-8,15,18-19H,9H2,(H,16,17). The first-order valence-corrected chi connectivity index (χ1v) is 6.66. The van der Waals surface area contributed by atoms with Crippen LogP contribution in [0.5, 0.6) is 0 Å². The van der Waals surface area contributed by atoms with Crippen molar-refractivity contribution in [1.29, 1.82) is 0 Å². The molecular formula is C14H14N2OS2. The van der Waals surface area contributed by atoms with Crippen molar-refractivity contribution in [3.05, 3.63) is 48.5 Å². The van der Waals surface area contributed by atoms with Crippen molar-refractivity contribution in [1.82, 2.24) is 0 Å². The summed E-state index contributed by atoms with van der Waals surface area (Å²) in [6.45, 7) is 0.180. The van der Waals surface area contributed by atoms with Crippen LogP contribution in [0.2, 0.25) is 0 Å². The molecule has 3 nitrogen and oxygen atoms in total. The molecular weight excluding hydrogens is 276 g/mol. The lowest BCUT2D eigenvalue weighted by Gasteiger charge is -2.10. The number of nitrogens with one attached hydrogen (secondary N) is 2. The third kappa shape index (κ3) is 3.94. The van der Waals surface area contributed by atoms with Gasteiger partial charge in [-0.05, 0) is 24.3 Å². The molecule has 0 unspecified atom stereocenters. The number of hydrogen-bond acceptors (Lipinski definition) is 4. The predicted molar refractivity (Wildman–Crippen MR) is 84.5 cm³/mol. The second-order valence-corrected chi connectivity index (χ2v) is 4.90. The fraction of sp³-hybridized carbons (Fsp3) is 0.0714. The van der Waals surface area contributed by atoms with Crippen molar-refractivity contribution in [2.45, 2.75) is 9.79 Å². The van der Waals surface area contributed by atoms with Gasteiger partial charge in [0.1, 0.15) is 0 Å². The summed E-state index contributed by atoms with van der Waals surface area (Å²) in [5, 5.41) is 5.84. The SMILES string of the molecule is O=C(CNc1ccccc1S)Nc1ccccc1S. The molecule has 0 aliphatic rings. The number of benzene rings is 2. The van der Waals surface area contributed by atoms with E-state index in [1.165, 1.54) is 0 Å². The van der Waals surface area contributed by atoms with Gasteiger partial charge in [-0.15, -0.1) is 25.3 Å². The van der Waals surface area contributed by atoms with E-state index in [1.54, 1.807) is 0 Å². The molecule has 2 aromatic rings. The van der Waals surface area contributed by atoms with Gasteiger partial charge in [0.15, 0.2) is 0 Å². The maximum atomic E-state index is 11.8. The fourth-order valence-electron chi connectivity index (χ4n) is 1.57. The Bertz CT molecular complexity index is 587. The predicted octanol–water partition coefficient (Wildman–Crippen LogP) is 3.31. The Kier molecular flexibility index (Phi) is 4.76. The summed E-state index contributed by atoms with van der Waals surface area (Å²) >= 11 is 8.59. The van der Waals surface area contributed by atoms with Crippen LogP contribution in [0.1, 0.15) is 0 Å². The van der Waals surface area contributed by atoms with E-state index in [-0.39, 0.29) is 12.5 Å². The van der Waals surface area contributed by atoms with Crippen LogP contribution in [0.3, 0.4) is 0 Å². The summed E-state index contributed by atoms with van der Waals surface area (Å²) in [4.78, 5) is 13.4. The summed E-state index contributed by atoms with van der Waals surface area (Å²) in [6.07, 6.45) is 0. The number of carbonyl (C=O) groups is 1. The number of rotatable bonds is 4. The van der Waals surface area contributed by atoms with E-state index in [0.29, 0.717) is 5.69 Å². The second-order valence-electron chi connectivity index (χ2n) is 3.94. The summed E-state index contributed by atoms with van der Waals surface area (Å²) in [5.41, 5.74) is 1.54. The molecule has 5 heteroatoms. The average Bonchev–Trinajstić information content (AvgIpc) is 2.40. The number of hydrogen-bond donors (Lipinski definition) is 4. The number of thiol groups is 2. The Morgan fingerprint density at radius 2 is 1.42 bits per heavy atom. The Hall–Kier alpha value is -1.59. The lowest BCUT2D eigenvalue weighted by atomic mass is 10.3. The summed E-state index contributed by atoms with van der Waals surface area (Å²) in [6, 6.07) is 14.9. The maximum absolute atomic E-state index is 11.8. The van der Waals surface area contributed by atoms with Crippen LogP contribution < -0.4 is 10.6 Å². The average molecular weight is 290 g/mol. The molecule has 1 amide bonds. The van der Waals surface area contributed by atoms with Gasteiger partial charge in [-0.2, -0.15) is 0 Å². The molecule has 0 saturated carbocycles. The molecule has 0 spiro atoms. The van der Waals surface area contributed by atoms with E-state index in [2.05, 4.69) is 35.9 Å². The molecule has 0 atom stereocenters. The van der Waals surface area contributed by atoms with Crippen molar-refractivity contribution in [2.24, 2.45) is 0 Å². The van der Waals surface area contributed by atoms with Crippen molar-refractivity contribution in [3.63, 3.8) is 0 Å². The zero-order valence-corrected chi connectivity index (χ0v) is 11.9. The van der Waals surface area contributed by atoms with E-state index >= 15 is 0 Å². The van der Waals surface area contributed by atoms with Gasteiger partial charge >= 0.3 is 0 Å². The molecule has 98 valence electrons. The van der Waals surface area contributed by atoms with Crippen molar-refractivity contribution in [2.75, 3.05) is 17.2 Å². The van der Waals surface area contributed by atoms with Gasteiger partial charge in [0, 0.05) is 15.5 Å². The highest BCUT2D eigenvalue weighted by Gasteiger charge is 2.05.